The van der Waals surface area contributed by atoms with E-state index in [0.29, 0.717) is 11.7 Å². The van der Waals surface area contributed by atoms with Gasteiger partial charge in [-0.1, -0.05) is 13.0 Å². The largest absolute Gasteiger partial charge is 0.475 e. The summed E-state index contributed by atoms with van der Waals surface area (Å²) in [5.74, 6) is 0.265. The molecule has 1 N–H and O–H groups in total. The molecule has 4 rings (SSSR count). The SMILES string of the molecule is CC1CCN(c2ncccc2C(=O)NS(=O)(=O)c2cccc(OCC(C)(C)n3cccc3)n2)C1(C)C. The van der Waals surface area contributed by atoms with Crippen LogP contribution in [0, 0.1) is 5.92 Å². The van der Waals surface area contributed by atoms with Crippen molar-refractivity contribution in [3.05, 3.63) is 66.6 Å². The topological polar surface area (TPSA) is 106 Å². The Labute approximate surface area is 212 Å². The van der Waals surface area contributed by atoms with E-state index >= 15 is 0 Å². The smallest absolute Gasteiger partial charge is 0.281 e. The maximum Gasteiger partial charge on any atom is 0.281 e. The van der Waals surface area contributed by atoms with Gasteiger partial charge in [-0.05, 0) is 70.4 Å². The Morgan fingerprint density at radius 3 is 2.56 bits per heavy atom. The summed E-state index contributed by atoms with van der Waals surface area (Å²) in [6.45, 7) is 11.4. The first kappa shape index (κ1) is 25.7. The van der Waals surface area contributed by atoms with Gasteiger partial charge in [-0.25, -0.2) is 9.71 Å². The predicted molar refractivity (Wildman–Crippen MR) is 138 cm³/mol. The lowest BCUT2D eigenvalue weighted by atomic mass is 9.90. The Kier molecular flexibility index (Phi) is 6.83. The molecule has 1 aliphatic rings. The third-order valence-electron chi connectivity index (χ3n) is 7.05. The molecule has 1 fully saturated rings. The van der Waals surface area contributed by atoms with E-state index in [4.69, 9.17) is 4.74 Å². The minimum absolute atomic E-state index is 0.153. The molecule has 4 heterocycles. The quantitative estimate of drug-likeness (QED) is 0.490. The summed E-state index contributed by atoms with van der Waals surface area (Å²) in [6, 6.07) is 11.5. The van der Waals surface area contributed by atoms with E-state index in [1.807, 2.05) is 42.9 Å². The number of pyridine rings is 2. The molecule has 0 aromatic carbocycles. The van der Waals surface area contributed by atoms with Crippen LogP contribution in [0.3, 0.4) is 0 Å². The third kappa shape index (κ3) is 5.09. The number of nitrogens with zero attached hydrogens (tertiary/aromatic N) is 4. The van der Waals surface area contributed by atoms with Crippen molar-refractivity contribution < 1.29 is 17.9 Å². The second-order valence-corrected chi connectivity index (χ2v) is 11.9. The van der Waals surface area contributed by atoms with Crippen LogP contribution in [-0.4, -0.2) is 47.6 Å². The highest BCUT2D eigenvalue weighted by Gasteiger charge is 2.40. The molecule has 1 aliphatic heterocycles. The molecule has 1 saturated heterocycles. The first-order valence-corrected chi connectivity index (χ1v) is 13.4. The van der Waals surface area contributed by atoms with Gasteiger partial charge >= 0.3 is 0 Å². The van der Waals surface area contributed by atoms with E-state index in [9.17, 15) is 13.2 Å². The summed E-state index contributed by atoms with van der Waals surface area (Å²) in [5, 5.41) is -0.298. The van der Waals surface area contributed by atoms with E-state index in [1.54, 1.807) is 24.4 Å². The summed E-state index contributed by atoms with van der Waals surface area (Å²) in [7, 11) is -4.25. The van der Waals surface area contributed by atoms with Crippen molar-refractivity contribution in [2.75, 3.05) is 18.1 Å². The number of carbonyl (C=O) groups excluding carboxylic acids is 1. The normalized spacial score (nSPS) is 17.7. The molecule has 3 aromatic heterocycles. The molecule has 36 heavy (non-hydrogen) atoms. The van der Waals surface area contributed by atoms with Gasteiger partial charge in [0.1, 0.15) is 12.4 Å². The Balaban J connectivity index is 1.52. The lowest BCUT2D eigenvalue weighted by Gasteiger charge is -2.36. The maximum atomic E-state index is 13.2. The molecule has 0 saturated carbocycles. The highest BCUT2D eigenvalue weighted by Crippen LogP contribution is 2.38. The predicted octanol–water partition coefficient (Wildman–Crippen LogP) is 3.84. The van der Waals surface area contributed by atoms with Crippen molar-refractivity contribution in [2.45, 2.75) is 57.1 Å². The van der Waals surface area contributed by atoms with E-state index < -0.39 is 15.9 Å². The molecule has 1 amide bonds. The van der Waals surface area contributed by atoms with Gasteiger partial charge in [0, 0.05) is 36.7 Å². The van der Waals surface area contributed by atoms with Crippen LogP contribution in [0.5, 0.6) is 5.88 Å². The van der Waals surface area contributed by atoms with Gasteiger partial charge in [0.15, 0.2) is 5.03 Å². The first-order chi connectivity index (χ1) is 16.9. The maximum absolute atomic E-state index is 13.2. The van der Waals surface area contributed by atoms with Crippen LogP contribution in [0.1, 0.15) is 51.4 Å². The summed E-state index contributed by atoms with van der Waals surface area (Å²) in [6.07, 6.45) is 6.44. The standard InChI is InChI=1S/C26H33N5O4S/c1-19-13-17-31(26(19,4)5)23-20(10-9-14-27-23)24(32)29-36(33,34)22-12-8-11-21(28-22)35-18-25(2,3)30-15-6-7-16-30/h6-12,14-16,19H,13,17-18H2,1-5H3,(H,29,32). The summed E-state index contributed by atoms with van der Waals surface area (Å²) in [4.78, 5) is 23.8. The Bertz CT molecular complexity index is 1340. The van der Waals surface area contributed by atoms with Gasteiger partial charge < -0.3 is 14.2 Å². The number of amides is 1. The summed E-state index contributed by atoms with van der Waals surface area (Å²) >= 11 is 0. The van der Waals surface area contributed by atoms with Gasteiger partial charge in [0.05, 0.1) is 11.1 Å². The van der Waals surface area contributed by atoms with E-state index in [1.165, 1.54) is 12.1 Å². The number of anilines is 1. The second-order valence-electron chi connectivity index (χ2n) is 10.3. The van der Waals surface area contributed by atoms with Crippen LogP contribution in [0.15, 0.2) is 66.1 Å². The van der Waals surface area contributed by atoms with E-state index in [-0.39, 0.29) is 34.2 Å². The van der Waals surface area contributed by atoms with Crippen molar-refractivity contribution in [3.63, 3.8) is 0 Å². The van der Waals surface area contributed by atoms with Crippen molar-refractivity contribution >= 4 is 21.7 Å². The fraction of sp³-hybridized carbons (Fsp3) is 0.423. The monoisotopic (exact) mass is 511 g/mol. The minimum Gasteiger partial charge on any atom is -0.475 e. The Hall–Kier alpha value is -3.40. The highest BCUT2D eigenvalue weighted by atomic mass is 32.2. The number of nitrogens with one attached hydrogen (secondary N) is 1. The average molecular weight is 512 g/mol. The molecule has 0 radical (unpaired) electrons. The molecule has 3 aromatic rings. The molecular weight excluding hydrogens is 478 g/mol. The number of sulfonamides is 1. The van der Waals surface area contributed by atoms with E-state index in [0.717, 1.165) is 13.0 Å². The Morgan fingerprint density at radius 1 is 1.17 bits per heavy atom. The van der Waals surface area contributed by atoms with Gasteiger partial charge in [0.2, 0.25) is 5.88 Å². The Morgan fingerprint density at radius 2 is 1.89 bits per heavy atom. The van der Waals surface area contributed by atoms with Gasteiger partial charge in [-0.15, -0.1) is 0 Å². The van der Waals surface area contributed by atoms with Gasteiger partial charge in [0.25, 0.3) is 15.9 Å². The number of hydrogen-bond donors (Lipinski definition) is 1. The molecule has 192 valence electrons. The van der Waals surface area contributed by atoms with Crippen LogP contribution in [0.25, 0.3) is 0 Å². The molecule has 0 bridgehead atoms. The molecular formula is C26H33N5O4S. The molecule has 0 aliphatic carbocycles. The number of ether oxygens (including phenoxy) is 1. The number of hydrogen-bond acceptors (Lipinski definition) is 7. The van der Waals surface area contributed by atoms with Crippen LogP contribution < -0.4 is 14.4 Å². The van der Waals surface area contributed by atoms with Gasteiger partial charge in [-0.2, -0.15) is 13.4 Å². The lowest BCUT2D eigenvalue weighted by molar-refractivity contribution is 0.0981. The van der Waals surface area contributed by atoms with Crippen molar-refractivity contribution in [1.29, 1.82) is 0 Å². The fourth-order valence-corrected chi connectivity index (χ4v) is 5.24. The van der Waals surface area contributed by atoms with Crippen molar-refractivity contribution in [3.8, 4) is 5.88 Å². The zero-order valence-electron chi connectivity index (χ0n) is 21.3. The van der Waals surface area contributed by atoms with Gasteiger partial charge in [-0.3, -0.25) is 4.79 Å². The van der Waals surface area contributed by atoms with Crippen molar-refractivity contribution in [2.24, 2.45) is 5.92 Å². The number of rotatable bonds is 8. The zero-order chi connectivity index (χ0) is 26.1. The molecule has 1 atom stereocenters. The van der Waals surface area contributed by atoms with Crippen molar-refractivity contribution in [1.82, 2.24) is 19.3 Å². The minimum atomic E-state index is -4.25. The highest BCUT2D eigenvalue weighted by molar-refractivity contribution is 7.90. The summed E-state index contributed by atoms with van der Waals surface area (Å²) in [5.41, 5.74) is -0.389. The zero-order valence-corrected chi connectivity index (χ0v) is 22.1. The first-order valence-electron chi connectivity index (χ1n) is 11.9. The van der Waals surface area contributed by atoms with Crippen LogP contribution in [0.2, 0.25) is 0 Å². The molecule has 1 unspecified atom stereocenters. The molecule has 0 spiro atoms. The van der Waals surface area contributed by atoms with Crippen LogP contribution in [0.4, 0.5) is 5.82 Å². The molecule has 9 nitrogen and oxygen atoms in total. The molecule has 10 heteroatoms. The van der Waals surface area contributed by atoms with Crippen LogP contribution >= 0.6 is 0 Å². The number of aromatic nitrogens is 3. The van der Waals surface area contributed by atoms with Crippen LogP contribution in [-0.2, 0) is 15.6 Å². The third-order valence-corrected chi connectivity index (χ3v) is 8.28. The summed E-state index contributed by atoms with van der Waals surface area (Å²) < 4.78 is 36.1. The number of carbonyl (C=O) groups is 1. The lowest BCUT2D eigenvalue weighted by Crippen LogP contribution is -2.43. The second kappa shape index (κ2) is 9.57. The average Bonchev–Trinajstić information content (AvgIpc) is 3.47. The fourth-order valence-electron chi connectivity index (χ4n) is 4.32. The van der Waals surface area contributed by atoms with E-state index in [2.05, 4.69) is 40.4 Å².